The molecule has 3 aromatic rings. The molecule has 35 heavy (non-hydrogen) atoms. The third-order valence-electron chi connectivity index (χ3n) is 6.40. The van der Waals surface area contributed by atoms with Gasteiger partial charge in [-0.2, -0.15) is 9.55 Å². The van der Waals surface area contributed by atoms with Crippen molar-refractivity contribution in [2.75, 3.05) is 31.1 Å². The smallest absolute Gasteiger partial charge is 0.340 e. The van der Waals surface area contributed by atoms with Crippen molar-refractivity contribution in [3.63, 3.8) is 0 Å². The zero-order chi connectivity index (χ0) is 24.4. The highest BCUT2D eigenvalue weighted by atomic mass is 16.2. The number of hydrogen-bond acceptors (Lipinski definition) is 6. The SMILES string of the molecule is CC#CCn1c(N2CCNCC2)nc2c1c(=O)n(CCc1ccccc1)c(=O)n2C(=O)NC1CC1. The maximum Gasteiger partial charge on any atom is 0.341 e. The number of hydrogen-bond donors (Lipinski definition) is 2. The third kappa shape index (κ3) is 4.59. The number of nitrogens with zero attached hydrogens (tertiary/aromatic N) is 5. The number of imidazole rings is 1. The van der Waals surface area contributed by atoms with Crippen molar-refractivity contribution in [2.45, 2.75) is 45.3 Å². The van der Waals surface area contributed by atoms with Crippen LogP contribution in [0.15, 0.2) is 39.9 Å². The molecule has 0 bridgehead atoms. The maximum absolute atomic E-state index is 13.7. The molecule has 2 fully saturated rings. The highest BCUT2D eigenvalue weighted by Crippen LogP contribution is 2.22. The zero-order valence-corrected chi connectivity index (χ0v) is 19.8. The fraction of sp³-hybridized carbons (Fsp3) is 0.440. The van der Waals surface area contributed by atoms with E-state index in [0.717, 1.165) is 40.6 Å². The van der Waals surface area contributed by atoms with Crippen LogP contribution in [-0.4, -0.2) is 56.9 Å². The first-order chi connectivity index (χ1) is 17.1. The van der Waals surface area contributed by atoms with Crippen LogP contribution in [-0.2, 0) is 19.5 Å². The largest absolute Gasteiger partial charge is 0.341 e. The van der Waals surface area contributed by atoms with Crippen LogP contribution in [0, 0.1) is 11.8 Å². The van der Waals surface area contributed by atoms with E-state index in [1.54, 1.807) is 11.5 Å². The number of rotatable bonds is 6. The average Bonchev–Trinajstić information content (AvgIpc) is 3.61. The van der Waals surface area contributed by atoms with Crippen LogP contribution >= 0.6 is 0 Å². The Morgan fingerprint density at radius 2 is 1.89 bits per heavy atom. The summed E-state index contributed by atoms with van der Waals surface area (Å²) < 4.78 is 3.93. The van der Waals surface area contributed by atoms with Crippen molar-refractivity contribution in [2.24, 2.45) is 0 Å². The number of amides is 1. The van der Waals surface area contributed by atoms with Gasteiger partial charge < -0.3 is 15.5 Å². The van der Waals surface area contributed by atoms with Crippen molar-refractivity contribution in [1.29, 1.82) is 0 Å². The second kappa shape index (κ2) is 9.80. The number of aromatic nitrogens is 4. The molecule has 10 nitrogen and oxygen atoms in total. The fourth-order valence-corrected chi connectivity index (χ4v) is 4.37. The summed E-state index contributed by atoms with van der Waals surface area (Å²) in [5, 5.41) is 6.19. The second-order valence-corrected chi connectivity index (χ2v) is 8.87. The van der Waals surface area contributed by atoms with Gasteiger partial charge in [0, 0.05) is 38.8 Å². The lowest BCUT2D eigenvalue weighted by molar-refractivity contribution is 0.241. The average molecular weight is 476 g/mol. The summed E-state index contributed by atoms with van der Waals surface area (Å²) in [5.74, 6) is 6.46. The Kier molecular flexibility index (Phi) is 6.42. The molecule has 10 heteroatoms. The highest BCUT2D eigenvalue weighted by molar-refractivity contribution is 5.88. The monoisotopic (exact) mass is 475 g/mol. The van der Waals surface area contributed by atoms with Crippen LogP contribution < -0.4 is 26.8 Å². The van der Waals surface area contributed by atoms with Crippen LogP contribution in [0.3, 0.4) is 0 Å². The van der Waals surface area contributed by atoms with E-state index >= 15 is 0 Å². The van der Waals surface area contributed by atoms with Gasteiger partial charge in [-0.25, -0.2) is 9.59 Å². The Bertz CT molecular complexity index is 1410. The minimum atomic E-state index is -0.672. The molecule has 1 saturated carbocycles. The van der Waals surface area contributed by atoms with E-state index in [0.29, 0.717) is 25.5 Å². The molecule has 1 saturated heterocycles. The molecule has 1 aromatic carbocycles. The van der Waals surface area contributed by atoms with Crippen LogP contribution in [0.5, 0.6) is 0 Å². The lowest BCUT2D eigenvalue weighted by Gasteiger charge is -2.28. The number of carbonyl (C=O) groups is 1. The van der Waals surface area contributed by atoms with Gasteiger partial charge in [0.05, 0.1) is 6.54 Å². The van der Waals surface area contributed by atoms with Gasteiger partial charge in [-0.05, 0) is 31.7 Å². The van der Waals surface area contributed by atoms with Gasteiger partial charge in [0.25, 0.3) is 5.56 Å². The van der Waals surface area contributed by atoms with E-state index in [2.05, 4.69) is 27.4 Å². The number of carbonyl (C=O) groups excluding carboxylic acids is 1. The molecular weight excluding hydrogens is 446 g/mol. The van der Waals surface area contributed by atoms with Crippen molar-refractivity contribution in [1.82, 2.24) is 29.3 Å². The molecule has 1 aliphatic carbocycles. The maximum atomic E-state index is 13.7. The molecule has 0 spiro atoms. The van der Waals surface area contributed by atoms with E-state index in [1.165, 1.54) is 0 Å². The van der Waals surface area contributed by atoms with Gasteiger partial charge in [0.1, 0.15) is 0 Å². The predicted molar refractivity (Wildman–Crippen MR) is 134 cm³/mol. The molecular formula is C25H29N7O3. The number of benzene rings is 1. The van der Waals surface area contributed by atoms with Crippen LogP contribution in [0.1, 0.15) is 25.3 Å². The minimum Gasteiger partial charge on any atom is -0.340 e. The Morgan fingerprint density at radius 3 is 2.57 bits per heavy atom. The minimum absolute atomic E-state index is 0.0508. The second-order valence-electron chi connectivity index (χ2n) is 8.87. The fourth-order valence-electron chi connectivity index (χ4n) is 4.37. The zero-order valence-electron chi connectivity index (χ0n) is 19.8. The van der Waals surface area contributed by atoms with Gasteiger partial charge in [-0.3, -0.25) is 13.9 Å². The number of fused-ring (bicyclic) bond motifs is 1. The third-order valence-corrected chi connectivity index (χ3v) is 6.40. The van der Waals surface area contributed by atoms with E-state index in [4.69, 9.17) is 4.98 Å². The molecule has 182 valence electrons. The van der Waals surface area contributed by atoms with Crippen LogP contribution in [0.4, 0.5) is 10.7 Å². The van der Waals surface area contributed by atoms with Gasteiger partial charge in [-0.15, -0.1) is 5.92 Å². The number of piperazine rings is 1. The summed E-state index contributed by atoms with van der Waals surface area (Å²) in [6, 6.07) is 9.16. The highest BCUT2D eigenvalue weighted by Gasteiger charge is 2.30. The molecule has 2 aliphatic rings. The topological polar surface area (TPSA) is 106 Å². The molecule has 2 N–H and O–H groups in total. The quantitative estimate of drug-likeness (QED) is 0.510. The standard InChI is InChI=1S/C25H29N7O3/c1-2-3-14-30-20-21(28-23(30)29-16-12-26-13-17-29)32(24(34)27-19-9-10-19)25(35)31(22(20)33)15-11-18-7-5-4-6-8-18/h4-8,19,26H,9-17H2,1H3,(H,27,34). The normalized spacial score (nSPS) is 15.6. The number of aryl methyl sites for hydroxylation is 1. The molecule has 0 atom stereocenters. The van der Waals surface area contributed by atoms with E-state index in [-0.39, 0.29) is 30.3 Å². The summed E-state index contributed by atoms with van der Waals surface area (Å²) in [6.07, 6.45) is 2.24. The molecule has 0 unspecified atom stereocenters. The first-order valence-corrected chi connectivity index (χ1v) is 12.0. The van der Waals surface area contributed by atoms with Crippen molar-refractivity contribution in [3.8, 4) is 11.8 Å². The van der Waals surface area contributed by atoms with Gasteiger partial charge in [0.15, 0.2) is 11.2 Å². The number of nitrogens with one attached hydrogen (secondary N) is 2. The molecule has 2 aromatic heterocycles. The van der Waals surface area contributed by atoms with Crippen molar-refractivity contribution in [3.05, 3.63) is 56.7 Å². The van der Waals surface area contributed by atoms with Crippen molar-refractivity contribution >= 4 is 23.1 Å². The first-order valence-electron chi connectivity index (χ1n) is 12.0. The van der Waals surface area contributed by atoms with E-state index < -0.39 is 17.3 Å². The van der Waals surface area contributed by atoms with Gasteiger partial charge in [0.2, 0.25) is 5.95 Å². The lowest BCUT2D eigenvalue weighted by atomic mass is 10.1. The Balaban J connectivity index is 1.70. The van der Waals surface area contributed by atoms with E-state index in [9.17, 15) is 14.4 Å². The van der Waals surface area contributed by atoms with Crippen molar-refractivity contribution < 1.29 is 4.79 Å². The molecule has 1 aliphatic heterocycles. The summed E-state index contributed by atoms with van der Waals surface area (Å²) in [5.41, 5.74) is 0.179. The Labute approximate surface area is 202 Å². The van der Waals surface area contributed by atoms with Crippen LogP contribution in [0.2, 0.25) is 0 Å². The molecule has 3 heterocycles. The predicted octanol–water partition coefficient (Wildman–Crippen LogP) is 0.755. The summed E-state index contributed by atoms with van der Waals surface area (Å²) >= 11 is 0. The van der Waals surface area contributed by atoms with Gasteiger partial charge in [-0.1, -0.05) is 36.3 Å². The molecule has 5 rings (SSSR count). The van der Waals surface area contributed by atoms with Gasteiger partial charge >= 0.3 is 11.7 Å². The first kappa shape index (κ1) is 22.9. The summed E-state index contributed by atoms with van der Waals surface area (Å²) in [7, 11) is 0. The van der Waals surface area contributed by atoms with E-state index in [1.807, 2.05) is 30.3 Å². The Morgan fingerprint density at radius 1 is 1.14 bits per heavy atom. The number of anilines is 1. The summed E-state index contributed by atoms with van der Waals surface area (Å²) in [6.45, 7) is 5.08. The lowest BCUT2D eigenvalue weighted by Crippen LogP contribution is -2.46. The molecule has 1 amide bonds. The Hall–Kier alpha value is -3.84. The summed E-state index contributed by atoms with van der Waals surface area (Å²) in [4.78, 5) is 47.3. The molecule has 0 radical (unpaired) electrons. The van der Waals surface area contributed by atoms with Crippen LogP contribution in [0.25, 0.3) is 11.2 Å².